The second kappa shape index (κ2) is 6.50. The Kier molecular flexibility index (Phi) is 3.96. The molecule has 1 aliphatic carbocycles. The number of rotatable bonds is 4. The van der Waals surface area contributed by atoms with Gasteiger partial charge in [0.2, 0.25) is 5.76 Å². The van der Waals surface area contributed by atoms with Crippen molar-refractivity contribution in [2.75, 3.05) is 13.1 Å². The van der Waals surface area contributed by atoms with Gasteiger partial charge in [0.1, 0.15) is 5.82 Å². The van der Waals surface area contributed by atoms with Gasteiger partial charge in [0.25, 0.3) is 5.91 Å². The molecule has 0 N–H and O–H groups in total. The molecular weight excluding hydrogens is 362 g/mol. The predicted octanol–water partition coefficient (Wildman–Crippen LogP) is 2.18. The van der Waals surface area contributed by atoms with Crippen molar-refractivity contribution in [3.8, 4) is 11.5 Å². The van der Waals surface area contributed by atoms with Crippen molar-refractivity contribution in [3.63, 3.8) is 0 Å². The van der Waals surface area contributed by atoms with Crippen LogP contribution in [-0.2, 0) is 7.05 Å². The molecule has 1 saturated heterocycles. The van der Waals surface area contributed by atoms with E-state index in [1.807, 2.05) is 4.57 Å². The molecule has 3 aromatic rings. The van der Waals surface area contributed by atoms with Gasteiger partial charge in [-0.25, -0.2) is 9.48 Å². The molecule has 28 heavy (non-hydrogen) atoms. The molecule has 0 spiro atoms. The number of carbonyl (C=O) groups is 1. The Morgan fingerprint density at radius 1 is 1.18 bits per heavy atom. The normalized spacial score (nSPS) is 18.0. The fourth-order valence-corrected chi connectivity index (χ4v) is 3.87. The summed E-state index contributed by atoms with van der Waals surface area (Å²) in [5, 5.41) is 8.38. The first kappa shape index (κ1) is 17.0. The van der Waals surface area contributed by atoms with Crippen molar-refractivity contribution in [1.29, 1.82) is 0 Å². The van der Waals surface area contributed by atoms with Crippen molar-refractivity contribution in [1.82, 2.24) is 24.4 Å². The van der Waals surface area contributed by atoms with E-state index in [0.29, 0.717) is 30.7 Å². The van der Waals surface area contributed by atoms with Crippen LogP contribution in [-0.4, -0.2) is 43.4 Å². The zero-order valence-electron chi connectivity index (χ0n) is 15.6. The SMILES string of the molecule is Cn1nc(C2CCN(C(=O)c3cc(-c4ccco4)on3)CC2)n(C2CC2)c1=O. The van der Waals surface area contributed by atoms with Crippen molar-refractivity contribution in [3.05, 3.63) is 46.5 Å². The van der Waals surface area contributed by atoms with Gasteiger partial charge in [0, 0.05) is 38.2 Å². The van der Waals surface area contributed by atoms with Gasteiger partial charge in [-0.3, -0.25) is 9.36 Å². The Bertz CT molecular complexity index is 1050. The van der Waals surface area contributed by atoms with Crippen LogP contribution in [0.1, 0.15) is 54.0 Å². The minimum atomic E-state index is -0.152. The summed E-state index contributed by atoms with van der Waals surface area (Å²) in [7, 11) is 1.70. The molecule has 5 rings (SSSR count). The van der Waals surface area contributed by atoms with Gasteiger partial charge in [-0.15, -0.1) is 0 Å². The lowest BCUT2D eigenvalue weighted by molar-refractivity contribution is 0.0699. The molecule has 4 heterocycles. The highest BCUT2D eigenvalue weighted by molar-refractivity contribution is 5.93. The van der Waals surface area contributed by atoms with E-state index in [1.54, 1.807) is 36.4 Å². The average Bonchev–Trinajstić information content (AvgIpc) is 3.12. The summed E-state index contributed by atoms with van der Waals surface area (Å²) in [6, 6.07) is 5.41. The third kappa shape index (κ3) is 2.87. The molecule has 2 aliphatic rings. The van der Waals surface area contributed by atoms with Crippen molar-refractivity contribution in [2.45, 2.75) is 37.6 Å². The van der Waals surface area contributed by atoms with Crippen LogP contribution in [0.2, 0.25) is 0 Å². The molecule has 1 amide bonds. The van der Waals surface area contributed by atoms with E-state index in [-0.39, 0.29) is 23.2 Å². The van der Waals surface area contributed by atoms with Gasteiger partial charge in [0.05, 0.1) is 6.26 Å². The predicted molar refractivity (Wildman–Crippen MR) is 97.8 cm³/mol. The number of hydrogen-bond acceptors (Lipinski definition) is 6. The smallest absolute Gasteiger partial charge is 0.345 e. The third-order valence-corrected chi connectivity index (χ3v) is 5.53. The number of nitrogens with zero attached hydrogens (tertiary/aromatic N) is 5. The highest BCUT2D eigenvalue weighted by Gasteiger charge is 2.34. The van der Waals surface area contributed by atoms with Crippen LogP contribution in [0.5, 0.6) is 0 Å². The van der Waals surface area contributed by atoms with Crippen LogP contribution >= 0.6 is 0 Å². The minimum Gasteiger partial charge on any atom is -0.461 e. The maximum Gasteiger partial charge on any atom is 0.345 e. The van der Waals surface area contributed by atoms with E-state index in [4.69, 9.17) is 8.94 Å². The second-order valence-electron chi connectivity index (χ2n) is 7.49. The number of piperidine rings is 1. The van der Waals surface area contributed by atoms with Crippen LogP contribution in [0.3, 0.4) is 0 Å². The molecule has 1 saturated carbocycles. The zero-order chi connectivity index (χ0) is 19.3. The quantitative estimate of drug-likeness (QED) is 0.685. The van der Waals surface area contributed by atoms with E-state index in [0.717, 1.165) is 31.5 Å². The zero-order valence-corrected chi connectivity index (χ0v) is 15.6. The Morgan fingerprint density at radius 2 is 1.96 bits per heavy atom. The molecule has 0 bridgehead atoms. The number of aryl methyl sites for hydroxylation is 1. The Hall–Kier alpha value is -3.10. The fraction of sp³-hybridized carbons (Fsp3) is 0.474. The topological polar surface area (TPSA) is 99.3 Å². The second-order valence-corrected chi connectivity index (χ2v) is 7.49. The number of amides is 1. The van der Waals surface area contributed by atoms with E-state index in [1.165, 1.54) is 4.68 Å². The van der Waals surface area contributed by atoms with Gasteiger partial charge in [-0.2, -0.15) is 5.10 Å². The lowest BCUT2D eigenvalue weighted by Crippen LogP contribution is -2.38. The Balaban J connectivity index is 1.28. The molecule has 0 radical (unpaired) electrons. The third-order valence-electron chi connectivity index (χ3n) is 5.53. The number of likely N-dealkylation sites (tertiary alicyclic amines) is 1. The molecule has 0 unspecified atom stereocenters. The van der Waals surface area contributed by atoms with Crippen molar-refractivity contribution >= 4 is 5.91 Å². The molecule has 9 nitrogen and oxygen atoms in total. The summed E-state index contributed by atoms with van der Waals surface area (Å²) in [4.78, 5) is 26.9. The van der Waals surface area contributed by atoms with Gasteiger partial charge >= 0.3 is 5.69 Å². The molecule has 3 aromatic heterocycles. The van der Waals surface area contributed by atoms with Gasteiger partial charge < -0.3 is 13.8 Å². The summed E-state index contributed by atoms with van der Waals surface area (Å²) in [5.41, 5.74) is 0.238. The lowest BCUT2D eigenvalue weighted by Gasteiger charge is -2.31. The van der Waals surface area contributed by atoms with Gasteiger partial charge in [-0.1, -0.05) is 5.16 Å². The van der Waals surface area contributed by atoms with Crippen molar-refractivity contribution < 1.29 is 13.7 Å². The first-order valence-electron chi connectivity index (χ1n) is 9.57. The maximum atomic E-state index is 12.8. The Labute approximate surface area is 160 Å². The Morgan fingerprint density at radius 3 is 2.64 bits per heavy atom. The number of furan rings is 1. The van der Waals surface area contributed by atoms with E-state index in [9.17, 15) is 9.59 Å². The lowest BCUT2D eigenvalue weighted by atomic mass is 9.95. The first-order chi connectivity index (χ1) is 13.6. The number of aromatic nitrogens is 4. The maximum absolute atomic E-state index is 12.8. The summed E-state index contributed by atoms with van der Waals surface area (Å²) in [6.07, 6.45) is 5.18. The molecule has 0 aromatic carbocycles. The van der Waals surface area contributed by atoms with E-state index >= 15 is 0 Å². The summed E-state index contributed by atoms with van der Waals surface area (Å²) in [5.74, 6) is 1.88. The summed E-state index contributed by atoms with van der Waals surface area (Å²) in [6.45, 7) is 1.20. The first-order valence-corrected chi connectivity index (χ1v) is 9.57. The molecular formula is C19H21N5O4. The highest BCUT2D eigenvalue weighted by Crippen LogP contribution is 2.37. The molecule has 0 atom stereocenters. The van der Waals surface area contributed by atoms with Gasteiger partial charge in [-0.05, 0) is 37.8 Å². The number of hydrogen-bond donors (Lipinski definition) is 0. The molecule has 9 heteroatoms. The largest absolute Gasteiger partial charge is 0.461 e. The average molecular weight is 383 g/mol. The monoisotopic (exact) mass is 383 g/mol. The van der Waals surface area contributed by atoms with E-state index < -0.39 is 0 Å². The van der Waals surface area contributed by atoms with Crippen LogP contribution < -0.4 is 5.69 Å². The van der Waals surface area contributed by atoms with Crippen LogP contribution in [0.15, 0.2) is 38.2 Å². The van der Waals surface area contributed by atoms with Crippen LogP contribution in [0, 0.1) is 0 Å². The standard InChI is InChI=1S/C19H21N5O4/c1-22-19(26)24(13-4-5-13)17(20-22)12-6-8-23(9-7-12)18(25)14-11-16(28-21-14)15-3-2-10-27-15/h2-3,10-13H,4-9H2,1H3. The fourth-order valence-electron chi connectivity index (χ4n) is 3.87. The van der Waals surface area contributed by atoms with Crippen LogP contribution in [0.4, 0.5) is 0 Å². The van der Waals surface area contributed by atoms with Gasteiger partial charge in [0.15, 0.2) is 11.5 Å². The minimum absolute atomic E-state index is 0.0379. The van der Waals surface area contributed by atoms with Crippen LogP contribution in [0.25, 0.3) is 11.5 Å². The number of carbonyl (C=O) groups excluding carboxylic acids is 1. The van der Waals surface area contributed by atoms with E-state index in [2.05, 4.69) is 10.3 Å². The molecule has 1 aliphatic heterocycles. The molecule has 146 valence electrons. The van der Waals surface area contributed by atoms with Crippen molar-refractivity contribution in [2.24, 2.45) is 7.05 Å². The summed E-state index contributed by atoms with van der Waals surface area (Å²) < 4.78 is 13.8. The molecule has 2 fully saturated rings. The highest BCUT2D eigenvalue weighted by atomic mass is 16.5. The summed E-state index contributed by atoms with van der Waals surface area (Å²) >= 11 is 0.